The molecule has 0 saturated carbocycles. The van der Waals surface area contributed by atoms with Crippen LogP contribution in [0.1, 0.15) is 25.8 Å². The van der Waals surface area contributed by atoms with Gasteiger partial charge in [0.1, 0.15) is 5.82 Å². The van der Waals surface area contributed by atoms with Gasteiger partial charge in [0.2, 0.25) is 0 Å². The topological polar surface area (TPSA) is 40.5 Å². The molecule has 3 nitrogen and oxygen atoms in total. The average molecular weight is 274 g/mol. The summed E-state index contributed by atoms with van der Waals surface area (Å²) in [6.45, 7) is 5.04. The van der Waals surface area contributed by atoms with E-state index in [0.29, 0.717) is 18.1 Å². The molecular weight excluding hydrogens is 257 g/mol. The number of carbonyl (C=O) groups is 1. The Morgan fingerprint density at radius 1 is 1.56 bits per heavy atom. The predicted octanol–water partition coefficient (Wildman–Crippen LogP) is 3.16. The van der Waals surface area contributed by atoms with Crippen LogP contribution >= 0.6 is 11.6 Å². The Morgan fingerprint density at radius 2 is 2.22 bits per heavy atom. The molecule has 0 aliphatic carbocycles. The van der Waals surface area contributed by atoms with Crippen molar-refractivity contribution in [3.8, 4) is 0 Å². The van der Waals surface area contributed by atoms with Gasteiger partial charge in [0.15, 0.2) is 0 Å². The molecule has 0 amide bonds. The maximum Gasteiger partial charge on any atom is 0.304 e. The molecule has 1 N–H and O–H groups in total. The lowest BCUT2D eigenvalue weighted by Crippen LogP contribution is -2.34. The number of rotatable bonds is 6. The summed E-state index contributed by atoms with van der Waals surface area (Å²) in [6.07, 6.45) is 0.0760. The van der Waals surface area contributed by atoms with Gasteiger partial charge >= 0.3 is 5.97 Å². The average Bonchev–Trinajstić information content (AvgIpc) is 2.27. The highest BCUT2D eigenvalue weighted by atomic mass is 35.5. The van der Waals surface area contributed by atoms with E-state index in [1.165, 1.54) is 12.1 Å². The molecule has 100 valence electrons. The number of carboxylic acid groups (broad SMARTS) is 1. The lowest BCUT2D eigenvalue weighted by Gasteiger charge is -2.27. The van der Waals surface area contributed by atoms with E-state index in [1.807, 2.05) is 18.7 Å². The number of halogens is 2. The molecule has 1 atom stereocenters. The van der Waals surface area contributed by atoms with Crippen molar-refractivity contribution < 1.29 is 14.3 Å². The second-order valence-electron chi connectivity index (χ2n) is 4.25. The van der Waals surface area contributed by atoms with Crippen molar-refractivity contribution in [3.05, 3.63) is 34.6 Å². The lowest BCUT2D eigenvalue weighted by atomic mass is 10.1. The highest BCUT2D eigenvalue weighted by Gasteiger charge is 2.16. The van der Waals surface area contributed by atoms with Crippen LogP contribution in [0.4, 0.5) is 4.39 Å². The van der Waals surface area contributed by atoms with Gasteiger partial charge in [-0.15, -0.1) is 0 Å². The van der Waals surface area contributed by atoms with E-state index in [4.69, 9.17) is 16.7 Å². The van der Waals surface area contributed by atoms with Crippen molar-refractivity contribution >= 4 is 17.6 Å². The van der Waals surface area contributed by atoms with Gasteiger partial charge < -0.3 is 5.11 Å². The molecule has 0 saturated heterocycles. The third-order valence-corrected chi connectivity index (χ3v) is 3.24. The summed E-state index contributed by atoms with van der Waals surface area (Å²) in [5.74, 6) is -1.20. The van der Waals surface area contributed by atoms with Gasteiger partial charge in [0.25, 0.3) is 0 Å². The zero-order chi connectivity index (χ0) is 13.7. The van der Waals surface area contributed by atoms with Crippen molar-refractivity contribution in [2.45, 2.75) is 32.9 Å². The van der Waals surface area contributed by atoms with Crippen molar-refractivity contribution in [3.63, 3.8) is 0 Å². The molecule has 0 spiro atoms. The van der Waals surface area contributed by atoms with Crippen LogP contribution in [0, 0.1) is 5.82 Å². The van der Waals surface area contributed by atoms with Crippen LogP contribution in [0.15, 0.2) is 18.2 Å². The highest BCUT2D eigenvalue weighted by molar-refractivity contribution is 6.31. The Balaban J connectivity index is 2.76. The molecule has 18 heavy (non-hydrogen) atoms. The molecule has 0 radical (unpaired) electrons. The van der Waals surface area contributed by atoms with Crippen molar-refractivity contribution in [1.29, 1.82) is 0 Å². The first-order chi connectivity index (χ1) is 8.43. The van der Waals surface area contributed by atoms with Crippen LogP contribution in [0.25, 0.3) is 0 Å². The van der Waals surface area contributed by atoms with Gasteiger partial charge in [-0.2, -0.15) is 0 Å². The summed E-state index contributed by atoms with van der Waals surface area (Å²) >= 11 is 5.96. The van der Waals surface area contributed by atoms with Gasteiger partial charge in [-0.3, -0.25) is 9.69 Å². The number of nitrogens with zero attached hydrogens (tertiary/aromatic N) is 1. The summed E-state index contributed by atoms with van der Waals surface area (Å²) in [4.78, 5) is 12.7. The molecule has 0 heterocycles. The van der Waals surface area contributed by atoms with E-state index in [1.54, 1.807) is 6.07 Å². The predicted molar refractivity (Wildman–Crippen MR) is 69.2 cm³/mol. The number of hydrogen-bond acceptors (Lipinski definition) is 2. The van der Waals surface area contributed by atoms with Crippen LogP contribution in [-0.2, 0) is 11.3 Å². The maximum atomic E-state index is 12.9. The first kappa shape index (κ1) is 14.9. The zero-order valence-electron chi connectivity index (χ0n) is 10.5. The Hall–Kier alpha value is -1.13. The molecule has 1 unspecified atom stereocenters. The van der Waals surface area contributed by atoms with Gasteiger partial charge in [-0.25, -0.2) is 4.39 Å². The standard InChI is InChI=1S/C13H17ClFNO2/c1-3-16(9(2)6-13(17)18)8-10-4-5-11(15)7-12(10)14/h4-5,7,9H,3,6,8H2,1-2H3,(H,17,18). The normalized spacial score (nSPS) is 12.7. The SMILES string of the molecule is CCN(Cc1ccc(F)cc1Cl)C(C)CC(=O)O. The van der Waals surface area contributed by atoms with E-state index < -0.39 is 5.97 Å². The minimum absolute atomic E-state index is 0.0760. The van der Waals surface area contributed by atoms with Gasteiger partial charge in [0.05, 0.1) is 6.42 Å². The molecule has 1 rings (SSSR count). The molecule has 0 aromatic heterocycles. The van der Waals surface area contributed by atoms with Crippen LogP contribution in [0.5, 0.6) is 0 Å². The van der Waals surface area contributed by atoms with Crippen LogP contribution in [-0.4, -0.2) is 28.6 Å². The Labute approximate surface area is 111 Å². The van der Waals surface area contributed by atoms with Crippen molar-refractivity contribution in [1.82, 2.24) is 4.90 Å². The highest BCUT2D eigenvalue weighted by Crippen LogP contribution is 2.20. The van der Waals surface area contributed by atoms with E-state index in [9.17, 15) is 9.18 Å². The molecule has 0 fully saturated rings. The largest absolute Gasteiger partial charge is 0.481 e. The second-order valence-corrected chi connectivity index (χ2v) is 4.65. The van der Waals surface area contributed by atoms with Gasteiger partial charge in [-0.05, 0) is 31.2 Å². The summed E-state index contributed by atoms with van der Waals surface area (Å²) in [6, 6.07) is 4.17. The first-order valence-corrected chi connectivity index (χ1v) is 6.21. The molecular formula is C13H17ClFNO2. The number of aliphatic carboxylic acids is 1. The number of benzene rings is 1. The second kappa shape index (κ2) is 6.71. The van der Waals surface area contributed by atoms with E-state index in [0.717, 1.165) is 5.56 Å². The quantitative estimate of drug-likeness (QED) is 0.865. The maximum absolute atomic E-state index is 12.9. The summed E-state index contributed by atoms with van der Waals surface area (Å²) in [5, 5.41) is 9.15. The molecule has 0 bridgehead atoms. The molecule has 0 aliphatic rings. The molecule has 1 aromatic carbocycles. The summed E-state index contributed by atoms with van der Waals surface area (Å²) in [7, 11) is 0. The van der Waals surface area contributed by atoms with E-state index in [-0.39, 0.29) is 18.3 Å². The third kappa shape index (κ3) is 4.27. The summed E-state index contributed by atoms with van der Waals surface area (Å²) in [5.41, 5.74) is 0.803. The Kier molecular flexibility index (Phi) is 5.56. The fourth-order valence-corrected chi connectivity index (χ4v) is 2.06. The smallest absolute Gasteiger partial charge is 0.304 e. The van der Waals surface area contributed by atoms with Crippen LogP contribution < -0.4 is 0 Å². The van der Waals surface area contributed by atoms with Crippen LogP contribution in [0.2, 0.25) is 5.02 Å². The van der Waals surface area contributed by atoms with Crippen LogP contribution in [0.3, 0.4) is 0 Å². The van der Waals surface area contributed by atoms with E-state index >= 15 is 0 Å². The molecule has 0 aliphatic heterocycles. The van der Waals surface area contributed by atoms with Crippen molar-refractivity contribution in [2.24, 2.45) is 0 Å². The van der Waals surface area contributed by atoms with Gasteiger partial charge in [-0.1, -0.05) is 24.6 Å². The fraction of sp³-hybridized carbons (Fsp3) is 0.462. The first-order valence-electron chi connectivity index (χ1n) is 5.83. The minimum atomic E-state index is -0.828. The number of carboxylic acids is 1. The monoisotopic (exact) mass is 273 g/mol. The molecule has 1 aromatic rings. The fourth-order valence-electron chi connectivity index (χ4n) is 1.83. The zero-order valence-corrected chi connectivity index (χ0v) is 11.2. The number of hydrogen-bond donors (Lipinski definition) is 1. The van der Waals surface area contributed by atoms with Gasteiger partial charge in [0, 0.05) is 17.6 Å². The Morgan fingerprint density at radius 3 is 2.72 bits per heavy atom. The minimum Gasteiger partial charge on any atom is -0.481 e. The Bertz CT molecular complexity index is 425. The lowest BCUT2D eigenvalue weighted by molar-refractivity contribution is -0.138. The third-order valence-electron chi connectivity index (χ3n) is 2.89. The van der Waals surface area contributed by atoms with E-state index in [2.05, 4.69) is 0 Å². The molecule has 5 heteroatoms. The summed E-state index contributed by atoms with van der Waals surface area (Å²) < 4.78 is 12.9. The van der Waals surface area contributed by atoms with Crippen molar-refractivity contribution in [2.75, 3.05) is 6.54 Å².